The molecule has 2 aromatic carbocycles. The second kappa shape index (κ2) is 8.65. The average molecular weight is 389 g/mol. The Morgan fingerprint density at radius 1 is 0.885 bits per heavy atom. The summed E-state index contributed by atoms with van der Waals surface area (Å²) in [6.45, 7) is 6.36. The van der Waals surface area contributed by atoms with Crippen molar-refractivity contribution in [3.63, 3.8) is 0 Å². The van der Waals surface area contributed by atoms with E-state index in [1.165, 1.54) is 0 Å². The Balaban J connectivity index is 2.47. The van der Waals surface area contributed by atoms with Crippen LogP contribution in [0.3, 0.4) is 0 Å². The molecule has 2 aromatic rings. The van der Waals surface area contributed by atoms with Gasteiger partial charge in [0.15, 0.2) is 0 Å². The van der Waals surface area contributed by atoms with Gasteiger partial charge in [-0.2, -0.15) is 0 Å². The fraction of sp³-hybridized carbons (Fsp3) is 0.333. The molecule has 0 aromatic heterocycles. The lowest BCUT2D eigenvalue weighted by Crippen LogP contribution is -2.67. The zero-order valence-corrected chi connectivity index (χ0v) is 17.3. The molecule has 0 aliphatic carbocycles. The van der Waals surface area contributed by atoms with Crippen LogP contribution in [0.5, 0.6) is 0 Å². The van der Waals surface area contributed by atoms with Crippen molar-refractivity contribution in [2.75, 3.05) is 0 Å². The van der Waals surface area contributed by atoms with Gasteiger partial charge in [-0.1, -0.05) is 81.4 Å². The lowest BCUT2D eigenvalue weighted by Gasteiger charge is -2.42. The minimum atomic E-state index is -2.86. The van der Waals surface area contributed by atoms with Crippen molar-refractivity contribution in [2.24, 2.45) is 0 Å². The monoisotopic (exact) mass is 388 g/mol. The van der Waals surface area contributed by atoms with E-state index in [1.807, 2.05) is 60.7 Å². The second-order valence-corrected chi connectivity index (χ2v) is 12.0. The molecule has 0 radical (unpaired) electrons. The fourth-order valence-electron chi connectivity index (χ4n) is 3.24. The Hall–Kier alpha value is -1.91. The van der Waals surface area contributed by atoms with Crippen LogP contribution in [0.25, 0.3) is 0 Å². The standard InChI is InChI=1S/C21H25ClO3Si/c1-21(2,3)26(17-11-6-4-7-12-17,18-13-8-5-9-14-18)25-20(24)16-10-15-19(22)23/h4-9,11-14H,10,15-16H2,1-3H3. The maximum atomic E-state index is 12.7. The van der Waals surface area contributed by atoms with E-state index in [2.05, 4.69) is 20.8 Å². The van der Waals surface area contributed by atoms with Gasteiger partial charge in [-0.25, -0.2) is 0 Å². The van der Waals surface area contributed by atoms with Crippen LogP contribution < -0.4 is 10.4 Å². The van der Waals surface area contributed by atoms with Crippen LogP contribution in [-0.2, 0) is 14.0 Å². The zero-order chi connectivity index (χ0) is 19.2. The van der Waals surface area contributed by atoms with Crippen LogP contribution in [0.4, 0.5) is 0 Å². The molecule has 0 fully saturated rings. The number of carbonyl (C=O) groups excluding carboxylic acids is 2. The smallest absolute Gasteiger partial charge is 0.323 e. The summed E-state index contributed by atoms with van der Waals surface area (Å²) in [5.41, 5.74) is 0. The highest BCUT2D eigenvalue weighted by Crippen LogP contribution is 2.37. The van der Waals surface area contributed by atoms with Gasteiger partial charge < -0.3 is 4.43 Å². The number of hydrogen-bond acceptors (Lipinski definition) is 3. The van der Waals surface area contributed by atoms with Crippen LogP contribution in [-0.4, -0.2) is 19.5 Å². The van der Waals surface area contributed by atoms with Crippen molar-refractivity contribution in [1.82, 2.24) is 0 Å². The number of benzene rings is 2. The van der Waals surface area contributed by atoms with Gasteiger partial charge in [0.05, 0.1) is 0 Å². The SMILES string of the molecule is CC(C)(C)[Si](OC(=O)CCCC(=O)Cl)(c1ccccc1)c1ccccc1. The summed E-state index contributed by atoms with van der Waals surface area (Å²) in [5, 5.41) is 1.43. The summed E-state index contributed by atoms with van der Waals surface area (Å²) in [6, 6.07) is 20.0. The van der Waals surface area contributed by atoms with Gasteiger partial charge in [-0.15, -0.1) is 0 Å². The molecule has 0 N–H and O–H groups in total. The molecule has 3 nitrogen and oxygen atoms in total. The van der Waals surface area contributed by atoms with Crippen molar-refractivity contribution in [1.29, 1.82) is 0 Å². The van der Waals surface area contributed by atoms with Crippen LogP contribution in [0.15, 0.2) is 60.7 Å². The van der Waals surface area contributed by atoms with Crippen molar-refractivity contribution in [3.8, 4) is 0 Å². The van der Waals surface area contributed by atoms with Crippen LogP contribution in [0.2, 0.25) is 5.04 Å². The number of hydrogen-bond donors (Lipinski definition) is 0. The van der Waals surface area contributed by atoms with Gasteiger partial charge in [0, 0.05) is 12.8 Å². The third kappa shape index (κ3) is 4.62. The van der Waals surface area contributed by atoms with E-state index in [-0.39, 0.29) is 23.8 Å². The maximum absolute atomic E-state index is 12.7. The van der Waals surface area contributed by atoms with E-state index < -0.39 is 13.6 Å². The summed E-state index contributed by atoms with van der Waals surface area (Å²) in [7, 11) is -2.86. The van der Waals surface area contributed by atoms with Gasteiger partial charge >= 0.3 is 8.32 Å². The van der Waals surface area contributed by atoms with Gasteiger partial charge in [0.1, 0.15) is 0 Å². The topological polar surface area (TPSA) is 43.4 Å². The summed E-state index contributed by atoms with van der Waals surface area (Å²) in [4.78, 5) is 23.6. The van der Waals surface area contributed by atoms with Crippen molar-refractivity contribution in [2.45, 2.75) is 45.1 Å². The molecule has 0 unspecified atom stereocenters. The summed E-state index contributed by atoms with van der Waals surface area (Å²) < 4.78 is 6.30. The molecule has 0 saturated heterocycles. The highest BCUT2D eigenvalue weighted by Gasteiger charge is 2.52. The first kappa shape index (κ1) is 20.4. The molecule has 0 aliphatic rings. The maximum Gasteiger partial charge on any atom is 0.323 e. The predicted molar refractivity (Wildman–Crippen MR) is 108 cm³/mol. The molecule has 0 atom stereocenters. The zero-order valence-electron chi connectivity index (χ0n) is 15.5. The molecule has 0 bridgehead atoms. The molecule has 0 spiro atoms. The van der Waals surface area contributed by atoms with Gasteiger partial charge in [0.25, 0.3) is 5.97 Å². The highest BCUT2D eigenvalue weighted by atomic mass is 35.5. The summed E-state index contributed by atoms with van der Waals surface area (Å²) >= 11 is 5.38. The number of halogens is 1. The third-order valence-corrected chi connectivity index (χ3v) is 9.57. The number of carbonyl (C=O) groups is 2. The summed E-state index contributed by atoms with van der Waals surface area (Å²) in [6.07, 6.45) is 0.764. The Labute approximate surface area is 161 Å². The second-order valence-electron chi connectivity index (χ2n) is 7.35. The van der Waals surface area contributed by atoms with Gasteiger partial charge in [-0.05, 0) is 33.4 Å². The highest BCUT2D eigenvalue weighted by molar-refractivity contribution is 7.00. The normalized spacial score (nSPS) is 11.8. The molecule has 5 heteroatoms. The molecular formula is C21H25ClO3Si. The molecule has 0 aliphatic heterocycles. The average Bonchev–Trinajstić information content (AvgIpc) is 2.60. The van der Waals surface area contributed by atoms with E-state index in [9.17, 15) is 9.59 Å². The largest absolute Gasteiger partial charge is 0.510 e. The molecular weight excluding hydrogens is 364 g/mol. The van der Waals surface area contributed by atoms with Crippen molar-refractivity contribution >= 4 is 41.5 Å². The van der Waals surface area contributed by atoms with Gasteiger partial charge in [-0.3, -0.25) is 9.59 Å². The molecule has 26 heavy (non-hydrogen) atoms. The lowest BCUT2D eigenvalue weighted by atomic mass is 10.2. The molecule has 0 heterocycles. The van der Waals surface area contributed by atoms with E-state index in [1.54, 1.807) is 0 Å². The summed E-state index contributed by atoms with van der Waals surface area (Å²) in [5.74, 6) is -0.280. The quantitative estimate of drug-likeness (QED) is 0.531. The predicted octanol–water partition coefficient (Wildman–Crippen LogP) is 4.03. The fourth-order valence-corrected chi connectivity index (χ4v) is 7.75. The van der Waals surface area contributed by atoms with Crippen molar-refractivity contribution < 1.29 is 14.0 Å². The first-order valence-electron chi connectivity index (χ1n) is 8.78. The molecule has 0 saturated carbocycles. The number of rotatable bonds is 7. The molecule has 0 amide bonds. The minimum absolute atomic E-state index is 0.178. The third-order valence-electron chi connectivity index (χ3n) is 4.44. The van der Waals surface area contributed by atoms with Crippen LogP contribution in [0.1, 0.15) is 40.0 Å². The minimum Gasteiger partial charge on any atom is -0.510 e. The Morgan fingerprint density at radius 2 is 1.35 bits per heavy atom. The molecule has 2 rings (SSSR count). The van der Waals surface area contributed by atoms with Gasteiger partial charge in [0.2, 0.25) is 5.24 Å². The lowest BCUT2D eigenvalue weighted by molar-refractivity contribution is -0.135. The van der Waals surface area contributed by atoms with Crippen LogP contribution >= 0.6 is 11.6 Å². The van der Waals surface area contributed by atoms with Crippen molar-refractivity contribution in [3.05, 3.63) is 60.7 Å². The first-order valence-corrected chi connectivity index (χ1v) is 11.1. The molecule has 138 valence electrons. The van der Waals surface area contributed by atoms with E-state index in [0.717, 1.165) is 10.4 Å². The first-order chi connectivity index (χ1) is 12.3. The Kier molecular flexibility index (Phi) is 6.79. The van der Waals surface area contributed by atoms with E-state index in [4.69, 9.17) is 16.0 Å². The van der Waals surface area contributed by atoms with Crippen LogP contribution in [0, 0.1) is 0 Å². The van der Waals surface area contributed by atoms with E-state index >= 15 is 0 Å². The Morgan fingerprint density at radius 3 is 1.73 bits per heavy atom. The van der Waals surface area contributed by atoms with E-state index in [0.29, 0.717) is 6.42 Å². The Bertz CT molecular complexity index is 699.